The number of amides is 1. The van der Waals surface area contributed by atoms with E-state index in [4.69, 9.17) is 14.3 Å². The number of ether oxygens (including phenoxy) is 1. The van der Waals surface area contributed by atoms with Gasteiger partial charge < -0.3 is 19.2 Å². The van der Waals surface area contributed by atoms with Crippen molar-refractivity contribution in [2.24, 2.45) is 0 Å². The van der Waals surface area contributed by atoms with E-state index in [0.717, 1.165) is 0 Å². The van der Waals surface area contributed by atoms with Crippen molar-refractivity contribution in [3.63, 3.8) is 0 Å². The van der Waals surface area contributed by atoms with E-state index in [2.05, 4.69) is 0 Å². The van der Waals surface area contributed by atoms with Gasteiger partial charge in [0.25, 0.3) is 0 Å². The summed E-state index contributed by atoms with van der Waals surface area (Å²) in [6.45, 7) is 1.13. The third-order valence-electron chi connectivity index (χ3n) is 2.79. The van der Waals surface area contributed by atoms with Crippen LogP contribution in [0.3, 0.4) is 0 Å². The summed E-state index contributed by atoms with van der Waals surface area (Å²) in [7, 11) is 0. The number of carboxylic acid groups (broad SMARTS) is 1. The van der Waals surface area contributed by atoms with Gasteiger partial charge >= 0.3 is 5.97 Å². The number of rotatable bonds is 4. The number of hydrogen-bond donors (Lipinski definition) is 1. The van der Waals surface area contributed by atoms with Crippen LogP contribution in [0, 0.1) is 0 Å². The Balaban J connectivity index is 1.90. The zero-order valence-electron chi connectivity index (χ0n) is 10.3. The van der Waals surface area contributed by atoms with Crippen molar-refractivity contribution in [2.75, 3.05) is 19.7 Å². The van der Waals surface area contributed by atoms with E-state index in [1.165, 1.54) is 12.3 Å². The molecule has 1 aromatic heterocycles. The topological polar surface area (TPSA) is 80.0 Å². The summed E-state index contributed by atoms with van der Waals surface area (Å²) in [5.41, 5.74) is 0. The van der Waals surface area contributed by atoms with Gasteiger partial charge in [-0.05, 0) is 18.2 Å². The second-order valence-electron chi connectivity index (χ2n) is 4.22. The van der Waals surface area contributed by atoms with Crippen LogP contribution in [-0.4, -0.2) is 47.7 Å². The van der Waals surface area contributed by atoms with Crippen LogP contribution in [0.4, 0.5) is 0 Å². The first-order valence-electron chi connectivity index (χ1n) is 5.99. The second-order valence-corrected chi connectivity index (χ2v) is 4.22. The number of carboxylic acids is 1. The van der Waals surface area contributed by atoms with Crippen LogP contribution in [0.5, 0.6) is 0 Å². The van der Waals surface area contributed by atoms with E-state index < -0.39 is 12.1 Å². The first kappa shape index (κ1) is 13.4. The highest BCUT2D eigenvalue weighted by molar-refractivity contribution is 5.91. The molecule has 6 nitrogen and oxygen atoms in total. The fourth-order valence-electron chi connectivity index (χ4n) is 1.88. The molecule has 1 atom stereocenters. The van der Waals surface area contributed by atoms with Crippen LogP contribution in [-0.2, 0) is 14.3 Å². The van der Waals surface area contributed by atoms with Gasteiger partial charge in [0, 0.05) is 19.2 Å². The Kier molecular flexibility index (Phi) is 4.35. The molecule has 2 heterocycles. The summed E-state index contributed by atoms with van der Waals surface area (Å²) in [5.74, 6) is -0.496. The predicted molar refractivity (Wildman–Crippen MR) is 66.3 cm³/mol. The minimum Gasteiger partial charge on any atom is -0.481 e. The lowest BCUT2D eigenvalue weighted by atomic mass is 10.2. The lowest BCUT2D eigenvalue weighted by Gasteiger charge is -2.31. The predicted octanol–water partition coefficient (Wildman–Crippen LogP) is 0.995. The summed E-state index contributed by atoms with van der Waals surface area (Å²) in [4.78, 5) is 24.1. The number of carbonyl (C=O) groups is 2. The van der Waals surface area contributed by atoms with E-state index in [-0.39, 0.29) is 12.3 Å². The minimum absolute atomic E-state index is 0.0916. The fraction of sp³-hybridized carbons (Fsp3) is 0.385. The maximum atomic E-state index is 11.9. The first-order chi connectivity index (χ1) is 9.15. The fourth-order valence-corrected chi connectivity index (χ4v) is 1.88. The number of hydrogen-bond acceptors (Lipinski definition) is 4. The zero-order valence-corrected chi connectivity index (χ0v) is 10.3. The molecule has 1 N–H and O–H groups in total. The Morgan fingerprint density at radius 2 is 2.37 bits per heavy atom. The van der Waals surface area contributed by atoms with E-state index in [1.807, 2.05) is 0 Å². The Morgan fingerprint density at radius 3 is 3.05 bits per heavy atom. The van der Waals surface area contributed by atoms with Crippen molar-refractivity contribution in [1.82, 2.24) is 4.90 Å². The average molecular weight is 265 g/mol. The zero-order chi connectivity index (χ0) is 13.7. The van der Waals surface area contributed by atoms with E-state index in [1.54, 1.807) is 23.1 Å². The Bertz CT molecular complexity index is 465. The molecule has 1 amide bonds. The monoisotopic (exact) mass is 265 g/mol. The summed E-state index contributed by atoms with van der Waals surface area (Å²) in [5, 5.41) is 8.71. The van der Waals surface area contributed by atoms with Crippen LogP contribution in [0.1, 0.15) is 12.2 Å². The van der Waals surface area contributed by atoms with Crippen LogP contribution < -0.4 is 0 Å². The van der Waals surface area contributed by atoms with Crippen molar-refractivity contribution in [3.8, 4) is 0 Å². The minimum atomic E-state index is -0.926. The number of furan rings is 1. The van der Waals surface area contributed by atoms with E-state index >= 15 is 0 Å². The number of morpholine rings is 1. The molecule has 2 rings (SSSR count). The highest BCUT2D eigenvalue weighted by Crippen LogP contribution is 2.10. The van der Waals surface area contributed by atoms with Crippen molar-refractivity contribution >= 4 is 18.0 Å². The molecule has 1 aliphatic rings. The SMILES string of the molecule is O=C(O)C[C@@H]1CN(C(=O)/C=C\c2ccco2)CCO1. The molecule has 0 unspecified atom stereocenters. The van der Waals surface area contributed by atoms with Crippen molar-refractivity contribution in [2.45, 2.75) is 12.5 Å². The average Bonchev–Trinajstić information content (AvgIpc) is 2.88. The van der Waals surface area contributed by atoms with Crippen LogP contribution in [0.15, 0.2) is 28.9 Å². The lowest BCUT2D eigenvalue weighted by molar-refractivity contribution is -0.145. The molecule has 1 aliphatic heterocycles. The summed E-state index contributed by atoms with van der Waals surface area (Å²) >= 11 is 0. The molecule has 1 saturated heterocycles. The molecule has 0 bridgehead atoms. The lowest BCUT2D eigenvalue weighted by Crippen LogP contribution is -2.45. The number of nitrogens with zero attached hydrogens (tertiary/aromatic N) is 1. The van der Waals surface area contributed by atoms with Gasteiger partial charge in [-0.1, -0.05) is 0 Å². The molecule has 1 fully saturated rings. The Morgan fingerprint density at radius 1 is 1.53 bits per heavy atom. The second kappa shape index (κ2) is 6.19. The Labute approximate surface area is 110 Å². The van der Waals surface area contributed by atoms with Gasteiger partial charge in [-0.2, -0.15) is 0 Å². The molecular weight excluding hydrogens is 250 g/mol. The van der Waals surface area contributed by atoms with Crippen LogP contribution in [0.25, 0.3) is 6.08 Å². The molecular formula is C13H15NO5. The smallest absolute Gasteiger partial charge is 0.306 e. The van der Waals surface area contributed by atoms with Crippen LogP contribution in [0.2, 0.25) is 0 Å². The third kappa shape index (κ3) is 3.96. The Hall–Kier alpha value is -2.08. The van der Waals surface area contributed by atoms with E-state index in [9.17, 15) is 9.59 Å². The number of carbonyl (C=O) groups excluding carboxylic acids is 1. The van der Waals surface area contributed by atoms with E-state index in [0.29, 0.717) is 25.5 Å². The summed E-state index contributed by atoms with van der Waals surface area (Å²) in [6, 6.07) is 3.48. The van der Waals surface area contributed by atoms with Gasteiger partial charge in [0.1, 0.15) is 5.76 Å². The normalized spacial score (nSPS) is 19.8. The molecule has 19 heavy (non-hydrogen) atoms. The largest absolute Gasteiger partial charge is 0.481 e. The molecule has 0 aromatic carbocycles. The van der Waals surface area contributed by atoms with Gasteiger partial charge in [-0.3, -0.25) is 9.59 Å². The van der Waals surface area contributed by atoms with Gasteiger partial charge in [-0.15, -0.1) is 0 Å². The van der Waals surface area contributed by atoms with Crippen molar-refractivity contribution < 1.29 is 23.8 Å². The maximum absolute atomic E-state index is 11.9. The summed E-state index contributed by atoms with van der Waals surface area (Å²) in [6.07, 6.45) is 4.01. The highest BCUT2D eigenvalue weighted by Gasteiger charge is 2.24. The molecule has 0 radical (unpaired) electrons. The van der Waals surface area contributed by atoms with Gasteiger partial charge in [0.15, 0.2) is 0 Å². The van der Waals surface area contributed by atoms with Crippen molar-refractivity contribution in [3.05, 3.63) is 30.2 Å². The summed E-state index contributed by atoms with van der Waals surface area (Å²) < 4.78 is 10.4. The molecule has 6 heteroatoms. The van der Waals surface area contributed by atoms with Gasteiger partial charge in [0.2, 0.25) is 5.91 Å². The van der Waals surface area contributed by atoms with Gasteiger partial charge in [0.05, 0.1) is 25.4 Å². The quantitative estimate of drug-likeness (QED) is 0.821. The molecule has 0 spiro atoms. The third-order valence-corrected chi connectivity index (χ3v) is 2.79. The first-order valence-corrected chi connectivity index (χ1v) is 5.99. The molecule has 1 aromatic rings. The number of aliphatic carboxylic acids is 1. The standard InChI is InChI=1S/C13H15NO5/c15-12(4-3-10-2-1-6-18-10)14-5-7-19-11(9-14)8-13(16)17/h1-4,6,11H,5,7-9H2,(H,16,17)/b4-3-/t11-/m1/s1. The molecule has 0 aliphatic carbocycles. The van der Waals surface area contributed by atoms with Gasteiger partial charge in [-0.25, -0.2) is 0 Å². The van der Waals surface area contributed by atoms with Crippen LogP contribution >= 0.6 is 0 Å². The molecule has 0 saturated carbocycles. The maximum Gasteiger partial charge on any atom is 0.306 e. The molecule has 102 valence electrons. The van der Waals surface area contributed by atoms with Crippen molar-refractivity contribution in [1.29, 1.82) is 0 Å². The highest BCUT2D eigenvalue weighted by atomic mass is 16.5.